The van der Waals surface area contributed by atoms with Gasteiger partial charge in [-0.25, -0.2) is 4.98 Å². The van der Waals surface area contributed by atoms with Crippen LogP contribution in [0, 0.1) is 16.4 Å². The number of hydrogen-bond donors (Lipinski definition) is 0. The summed E-state index contributed by atoms with van der Waals surface area (Å²) in [6.45, 7) is 1.77. The van der Waals surface area contributed by atoms with Crippen LogP contribution in [-0.4, -0.2) is 4.98 Å². The normalized spacial score (nSPS) is 9.67. The van der Waals surface area contributed by atoms with Crippen LogP contribution in [0.4, 0.5) is 4.39 Å². The van der Waals surface area contributed by atoms with Crippen LogP contribution in [0.1, 0.15) is 5.69 Å². The second-order valence-electron chi connectivity index (χ2n) is 1.75. The first-order valence-electron chi connectivity index (χ1n) is 2.48. The molecule has 0 aliphatic heterocycles. The van der Waals surface area contributed by atoms with Gasteiger partial charge in [-0.15, -0.1) is 0 Å². The summed E-state index contributed by atoms with van der Waals surface area (Å²) >= 11 is 2.05. The molecule has 0 saturated carbocycles. The lowest BCUT2D eigenvalue weighted by molar-refractivity contribution is 0.579. The molecule has 1 rings (SSSR count). The Balaban J connectivity index is 3.17. The van der Waals surface area contributed by atoms with Crippen LogP contribution in [0.15, 0.2) is 12.1 Å². The van der Waals surface area contributed by atoms with Crippen molar-refractivity contribution in [3.63, 3.8) is 0 Å². The van der Waals surface area contributed by atoms with Crippen LogP contribution in [0.5, 0.6) is 0 Å². The number of halogens is 2. The topological polar surface area (TPSA) is 12.9 Å². The van der Waals surface area contributed by atoms with E-state index in [-0.39, 0.29) is 0 Å². The Labute approximate surface area is 66.4 Å². The van der Waals surface area contributed by atoms with Crippen molar-refractivity contribution in [2.45, 2.75) is 6.92 Å². The molecule has 0 aromatic carbocycles. The molecular formula is C6H5FIN. The van der Waals surface area contributed by atoms with Crippen LogP contribution in [-0.2, 0) is 0 Å². The highest BCUT2D eigenvalue weighted by Crippen LogP contribution is 2.06. The predicted molar refractivity (Wildman–Crippen MR) is 41.6 cm³/mol. The molecule has 1 aromatic rings. The largest absolute Gasteiger partial charge is 0.225 e. The molecule has 0 amide bonds. The molecule has 0 saturated heterocycles. The van der Waals surface area contributed by atoms with E-state index in [9.17, 15) is 4.39 Å². The van der Waals surface area contributed by atoms with Crippen molar-refractivity contribution < 1.29 is 4.39 Å². The number of hydrogen-bond acceptors (Lipinski definition) is 1. The lowest BCUT2D eigenvalue weighted by atomic mass is 10.4. The van der Waals surface area contributed by atoms with E-state index in [2.05, 4.69) is 27.6 Å². The molecule has 0 bridgehead atoms. The lowest BCUT2D eigenvalue weighted by Crippen LogP contribution is -1.86. The smallest absolute Gasteiger partial charge is 0.214 e. The molecule has 0 spiro atoms. The zero-order valence-electron chi connectivity index (χ0n) is 4.86. The maximum Gasteiger partial charge on any atom is 0.214 e. The van der Waals surface area contributed by atoms with Gasteiger partial charge in [0.05, 0.1) is 0 Å². The first-order valence-corrected chi connectivity index (χ1v) is 3.56. The summed E-state index contributed by atoms with van der Waals surface area (Å²) in [5.74, 6) is -0.403. The molecule has 3 heteroatoms. The molecule has 1 aromatic heterocycles. The van der Waals surface area contributed by atoms with Crippen LogP contribution >= 0.6 is 22.6 Å². The fourth-order valence-electron chi connectivity index (χ4n) is 0.588. The predicted octanol–water partition coefficient (Wildman–Crippen LogP) is 2.13. The van der Waals surface area contributed by atoms with E-state index < -0.39 is 5.95 Å². The Morgan fingerprint density at radius 2 is 2.22 bits per heavy atom. The minimum Gasteiger partial charge on any atom is -0.225 e. The monoisotopic (exact) mass is 237 g/mol. The number of nitrogens with zero attached hydrogens (tertiary/aromatic N) is 1. The molecular weight excluding hydrogens is 232 g/mol. The highest BCUT2D eigenvalue weighted by molar-refractivity contribution is 14.1. The third kappa shape index (κ3) is 1.89. The van der Waals surface area contributed by atoms with E-state index in [1.165, 1.54) is 6.07 Å². The van der Waals surface area contributed by atoms with E-state index in [1.54, 1.807) is 6.92 Å². The molecule has 9 heavy (non-hydrogen) atoms. The van der Waals surface area contributed by atoms with Crippen molar-refractivity contribution in [2.75, 3.05) is 0 Å². The van der Waals surface area contributed by atoms with Crippen molar-refractivity contribution >= 4 is 22.6 Å². The van der Waals surface area contributed by atoms with Crippen molar-refractivity contribution in [3.05, 3.63) is 27.3 Å². The van der Waals surface area contributed by atoms with Gasteiger partial charge < -0.3 is 0 Å². The average molecular weight is 237 g/mol. The third-order valence-corrected chi connectivity index (χ3v) is 1.51. The minimum atomic E-state index is -0.403. The zero-order valence-corrected chi connectivity index (χ0v) is 7.02. The maximum atomic E-state index is 12.3. The van der Waals surface area contributed by atoms with Crippen molar-refractivity contribution in [1.29, 1.82) is 0 Å². The van der Waals surface area contributed by atoms with Gasteiger partial charge in [0.2, 0.25) is 5.95 Å². The summed E-state index contributed by atoms with van der Waals surface area (Å²) in [6.07, 6.45) is 0. The molecule has 1 nitrogen and oxygen atoms in total. The SMILES string of the molecule is Cc1cc(I)cc(F)n1. The number of pyridine rings is 1. The molecule has 48 valence electrons. The Morgan fingerprint density at radius 1 is 1.56 bits per heavy atom. The van der Waals surface area contributed by atoms with E-state index in [4.69, 9.17) is 0 Å². The van der Waals surface area contributed by atoms with Gasteiger partial charge in [-0.05, 0) is 35.6 Å². The van der Waals surface area contributed by atoms with Crippen LogP contribution in [0.25, 0.3) is 0 Å². The second-order valence-corrected chi connectivity index (χ2v) is 3.00. The molecule has 0 unspecified atom stereocenters. The van der Waals surface area contributed by atoms with Gasteiger partial charge in [0.15, 0.2) is 0 Å². The third-order valence-electron chi connectivity index (χ3n) is 0.887. The summed E-state index contributed by atoms with van der Waals surface area (Å²) in [5.41, 5.74) is 0.722. The van der Waals surface area contributed by atoms with Crippen LogP contribution in [0.2, 0.25) is 0 Å². The second kappa shape index (κ2) is 2.60. The highest BCUT2D eigenvalue weighted by atomic mass is 127. The Morgan fingerprint density at radius 3 is 2.67 bits per heavy atom. The van der Waals surface area contributed by atoms with Crippen molar-refractivity contribution in [3.8, 4) is 0 Å². The van der Waals surface area contributed by atoms with Gasteiger partial charge in [0.25, 0.3) is 0 Å². The van der Waals surface area contributed by atoms with Crippen LogP contribution < -0.4 is 0 Å². The van der Waals surface area contributed by atoms with Crippen LogP contribution in [0.3, 0.4) is 0 Å². The average Bonchev–Trinajstić information content (AvgIpc) is 1.59. The van der Waals surface area contributed by atoms with Crippen molar-refractivity contribution in [1.82, 2.24) is 4.98 Å². The molecule has 0 fully saturated rings. The minimum absolute atomic E-state index is 0.403. The standard InChI is InChI=1S/C6H5FIN/c1-4-2-5(8)3-6(7)9-4/h2-3H,1H3. The first-order chi connectivity index (χ1) is 4.18. The van der Waals surface area contributed by atoms with Gasteiger partial charge in [-0.3, -0.25) is 0 Å². The van der Waals surface area contributed by atoms with E-state index >= 15 is 0 Å². The molecule has 0 N–H and O–H groups in total. The highest BCUT2D eigenvalue weighted by Gasteiger charge is 1.93. The summed E-state index contributed by atoms with van der Waals surface area (Å²) < 4.78 is 13.2. The summed E-state index contributed by atoms with van der Waals surface area (Å²) in [5, 5.41) is 0. The molecule has 1 heterocycles. The Kier molecular flexibility index (Phi) is 2.00. The van der Waals surface area contributed by atoms with Gasteiger partial charge >= 0.3 is 0 Å². The molecule has 0 radical (unpaired) electrons. The first kappa shape index (κ1) is 6.92. The fourth-order valence-corrected chi connectivity index (χ4v) is 1.30. The molecule has 0 aliphatic rings. The number of aryl methyl sites for hydroxylation is 1. The summed E-state index contributed by atoms with van der Waals surface area (Å²) in [6, 6.07) is 3.22. The van der Waals surface area contributed by atoms with E-state index in [0.717, 1.165) is 9.26 Å². The van der Waals surface area contributed by atoms with E-state index in [1.807, 2.05) is 6.07 Å². The van der Waals surface area contributed by atoms with Gasteiger partial charge in [-0.1, -0.05) is 0 Å². The van der Waals surface area contributed by atoms with Gasteiger partial charge in [0.1, 0.15) is 0 Å². The summed E-state index contributed by atoms with van der Waals surface area (Å²) in [7, 11) is 0. The number of aromatic nitrogens is 1. The van der Waals surface area contributed by atoms with Gasteiger partial charge in [0, 0.05) is 15.3 Å². The zero-order chi connectivity index (χ0) is 6.85. The van der Waals surface area contributed by atoms with E-state index in [0.29, 0.717) is 0 Å². The summed E-state index contributed by atoms with van der Waals surface area (Å²) in [4.78, 5) is 3.56. The molecule has 0 aliphatic carbocycles. The Bertz CT molecular complexity index is 174. The van der Waals surface area contributed by atoms with Gasteiger partial charge in [-0.2, -0.15) is 4.39 Å². The molecule has 0 atom stereocenters. The van der Waals surface area contributed by atoms with Crippen molar-refractivity contribution in [2.24, 2.45) is 0 Å². The Hall–Kier alpha value is -0.190. The quantitative estimate of drug-likeness (QED) is 0.497. The maximum absolute atomic E-state index is 12.3. The number of rotatable bonds is 0. The lowest BCUT2D eigenvalue weighted by Gasteiger charge is -1.91. The fraction of sp³-hybridized carbons (Fsp3) is 0.167.